The van der Waals surface area contributed by atoms with Gasteiger partial charge in [-0.05, 0) is 13.0 Å². The van der Waals surface area contributed by atoms with Crippen molar-refractivity contribution in [2.45, 2.75) is 19.1 Å². The van der Waals surface area contributed by atoms with Crippen LogP contribution in [0.3, 0.4) is 0 Å². The molecule has 1 aliphatic heterocycles. The summed E-state index contributed by atoms with van der Waals surface area (Å²) in [6, 6.07) is -0.208. The van der Waals surface area contributed by atoms with Gasteiger partial charge in [0, 0.05) is 32.4 Å². The lowest BCUT2D eigenvalue weighted by atomic mass is 10.1. The minimum Gasteiger partial charge on any atom is -0.387 e. The molecule has 2 rings (SSSR count). The van der Waals surface area contributed by atoms with Gasteiger partial charge in [0.2, 0.25) is 0 Å². The number of nitrogens with one attached hydrogen (secondary N) is 1. The van der Waals surface area contributed by atoms with Crippen molar-refractivity contribution in [3.8, 4) is 0 Å². The highest BCUT2D eigenvalue weighted by molar-refractivity contribution is 5.75. The third kappa shape index (κ3) is 1.94. The molecule has 1 aromatic rings. The predicted molar refractivity (Wildman–Crippen MR) is 58.0 cm³/mol. The average molecular weight is 224 g/mol. The lowest BCUT2D eigenvalue weighted by Crippen LogP contribution is -2.28. The third-order valence-electron chi connectivity index (χ3n) is 2.63. The van der Waals surface area contributed by atoms with E-state index < -0.39 is 6.10 Å². The van der Waals surface area contributed by atoms with Crippen LogP contribution in [0.25, 0.3) is 0 Å². The van der Waals surface area contributed by atoms with E-state index in [9.17, 15) is 9.90 Å². The van der Waals surface area contributed by atoms with E-state index in [2.05, 4.69) is 10.4 Å². The van der Waals surface area contributed by atoms with E-state index in [-0.39, 0.29) is 6.03 Å². The SMILES string of the molecule is CN(C)C(=O)n1cc2c(n1)C(O)CCNC2. The van der Waals surface area contributed by atoms with Crippen molar-refractivity contribution in [1.82, 2.24) is 20.0 Å². The normalized spacial score (nSPS) is 20.1. The average Bonchev–Trinajstić information content (AvgIpc) is 2.60. The summed E-state index contributed by atoms with van der Waals surface area (Å²) in [6.45, 7) is 1.41. The quantitative estimate of drug-likeness (QED) is 0.647. The van der Waals surface area contributed by atoms with Crippen LogP contribution in [0.1, 0.15) is 23.8 Å². The van der Waals surface area contributed by atoms with Gasteiger partial charge in [-0.25, -0.2) is 4.79 Å². The summed E-state index contributed by atoms with van der Waals surface area (Å²) in [5, 5.41) is 17.2. The number of amides is 1. The molecule has 1 atom stereocenters. The molecule has 1 amide bonds. The summed E-state index contributed by atoms with van der Waals surface area (Å²) in [4.78, 5) is 13.1. The first-order valence-electron chi connectivity index (χ1n) is 5.28. The summed E-state index contributed by atoms with van der Waals surface area (Å²) in [6.07, 6.45) is 1.72. The standard InChI is InChI=1S/C10H16N4O2/c1-13(2)10(16)14-6-7-5-11-4-3-8(15)9(7)12-14/h6,8,11,15H,3-5H2,1-2H3. The van der Waals surface area contributed by atoms with Crippen molar-refractivity contribution in [2.24, 2.45) is 0 Å². The Morgan fingerprint density at radius 1 is 1.69 bits per heavy atom. The van der Waals surface area contributed by atoms with E-state index in [1.54, 1.807) is 20.3 Å². The molecule has 0 spiro atoms. The molecule has 88 valence electrons. The maximum atomic E-state index is 11.7. The summed E-state index contributed by atoms with van der Waals surface area (Å²) < 4.78 is 1.28. The second kappa shape index (κ2) is 4.23. The minimum atomic E-state index is -0.582. The number of carbonyl (C=O) groups excluding carboxylic acids is 1. The Morgan fingerprint density at radius 3 is 3.12 bits per heavy atom. The number of nitrogens with zero attached hydrogens (tertiary/aromatic N) is 3. The van der Waals surface area contributed by atoms with Crippen LogP contribution >= 0.6 is 0 Å². The molecule has 1 aliphatic rings. The second-order valence-electron chi connectivity index (χ2n) is 4.14. The largest absolute Gasteiger partial charge is 0.387 e. The number of hydrogen-bond donors (Lipinski definition) is 2. The lowest BCUT2D eigenvalue weighted by molar-refractivity contribution is 0.164. The number of aliphatic hydroxyl groups excluding tert-OH is 1. The van der Waals surface area contributed by atoms with E-state index >= 15 is 0 Å². The predicted octanol–water partition coefficient (Wildman–Crippen LogP) is -0.0605. The van der Waals surface area contributed by atoms with Crippen LogP contribution in [0.15, 0.2) is 6.20 Å². The van der Waals surface area contributed by atoms with Gasteiger partial charge in [-0.15, -0.1) is 0 Å². The molecular weight excluding hydrogens is 208 g/mol. The van der Waals surface area contributed by atoms with Crippen LogP contribution in [0.5, 0.6) is 0 Å². The summed E-state index contributed by atoms with van der Waals surface area (Å²) in [5.41, 5.74) is 1.50. The molecule has 6 heteroatoms. The highest BCUT2D eigenvalue weighted by Gasteiger charge is 2.22. The van der Waals surface area contributed by atoms with Crippen LogP contribution in [0.4, 0.5) is 4.79 Å². The van der Waals surface area contributed by atoms with Gasteiger partial charge in [0.05, 0.1) is 11.8 Å². The number of rotatable bonds is 0. The Balaban J connectivity index is 2.32. The minimum absolute atomic E-state index is 0.208. The van der Waals surface area contributed by atoms with Crippen molar-refractivity contribution in [2.75, 3.05) is 20.6 Å². The molecule has 0 radical (unpaired) electrons. The molecule has 6 nitrogen and oxygen atoms in total. The zero-order valence-corrected chi connectivity index (χ0v) is 9.47. The molecule has 0 bridgehead atoms. The van der Waals surface area contributed by atoms with Crippen LogP contribution < -0.4 is 5.32 Å². The summed E-state index contributed by atoms with van der Waals surface area (Å²) >= 11 is 0. The fourth-order valence-corrected chi connectivity index (χ4v) is 1.74. The third-order valence-corrected chi connectivity index (χ3v) is 2.63. The van der Waals surface area contributed by atoms with Gasteiger partial charge in [-0.1, -0.05) is 0 Å². The Bertz CT molecular complexity index is 400. The number of aromatic nitrogens is 2. The highest BCUT2D eigenvalue weighted by Crippen LogP contribution is 2.21. The maximum absolute atomic E-state index is 11.7. The first-order chi connectivity index (χ1) is 7.59. The summed E-state index contributed by atoms with van der Waals surface area (Å²) in [7, 11) is 3.34. The van der Waals surface area contributed by atoms with Crippen molar-refractivity contribution in [3.05, 3.63) is 17.5 Å². The fourth-order valence-electron chi connectivity index (χ4n) is 1.74. The lowest BCUT2D eigenvalue weighted by Gasteiger charge is -2.09. The van der Waals surface area contributed by atoms with Gasteiger partial charge in [0.1, 0.15) is 0 Å². The zero-order valence-electron chi connectivity index (χ0n) is 9.47. The maximum Gasteiger partial charge on any atom is 0.344 e. The zero-order chi connectivity index (χ0) is 11.7. The fraction of sp³-hybridized carbons (Fsp3) is 0.600. The van der Waals surface area contributed by atoms with Gasteiger partial charge >= 0.3 is 6.03 Å². The first kappa shape index (κ1) is 11.1. The van der Waals surface area contributed by atoms with Crippen LogP contribution in [-0.2, 0) is 6.54 Å². The number of carbonyl (C=O) groups is 1. The van der Waals surface area contributed by atoms with Crippen molar-refractivity contribution in [1.29, 1.82) is 0 Å². The molecule has 0 saturated carbocycles. The number of hydrogen-bond acceptors (Lipinski definition) is 4. The van der Waals surface area contributed by atoms with Gasteiger partial charge in [-0.3, -0.25) is 0 Å². The molecule has 0 fully saturated rings. The second-order valence-corrected chi connectivity index (χ2v) is 4.14. The molecule has 1 unspecified atom stereocenters. The molecular formula is C10H16N4O2. The van der Waals surface area contributed by atoms with Gasteiger partial charge in [0.15, 0.2) is 0 Å². The van der Waals surface area contributed by atoms with E-state index in [1.165, 1.54) is 9.58 Å². The van der Waals surface area contributed by atoms with Gasteiger partial charge < -0.3 is 15.3 Å². The number of fused-ring (bicyclic) bond motifs is 1. The molecule has 2 N–H and O–H groups in total. The molecule has 16 heavy (non-hydrogen) atoms. The van der Waals surface area contributed by atoms with E-state index in [0.717, 1.165) is 12.1 Å². The summed E-state index contributed by atoms with van der Waals surface area (Å²) in [5.74, 6) is 0. The first-order valence-corrected chi connectivity index (χ1v) is 5.28. The van der Waals surface area contributed by atoms with Gasteiger partial charge in [0.25, 0.3) is 0 Å². The Kier molecular flexibility index (Phi) is 2.93. The molecule has 0 aliphatic carbocycles. The van der Waals surface area contributed by atoms with Crippen LogP contribution in [0.2, 0.25) is 0 Å². The van der Waals surface area contributed by atoms with Gasteiger partial charge in [-0.2, -0.15) is 9.78 Å². The Labute approximate surface area is 93.9 Å². The van der Waals surface area contributed by atoms with Crippen molar-refractivity contribution >= 4 is 6.03 Å². The molecule has 2 heterocycles. The monoisotopic (exact) mass is 224 g/mol. The molecule has 1 aromatic heterocycles. The van der Waals surface area contributed by atoms with Crippen LogP contribution in [0, 0.1) is 0 Å². The molecule has 0 aromatic carbocycles. The van der Waals surface area contributed by atoms with E-state index in [0.29, 0.717) is 18.7 Å². The van der Waals surface area contributed by atoms with Crippen molar-refractivity contribution in [3.63, 3.8) is 0 Å². The van der Waals surface area contributed by atoms with Crippen LogP contribution in [-0.4, -0.2) is 46.5 Å². The topological polar surface area (TPSA) is 70.4 Å². The smallest absolute Gasteiger partial charge is 0.344 e. The number of aliphatic hydroxyl groups is 1. The van der Waals surface area contributed by atoms with Crippen molar-refractivity contribution < 1.29 is 9.90 Å². The van der Waals surface area contributed by atoms with E-state index in [1.807, 2.05) is 0 Å². The van der Waals surface area contributed by atoms with E-state index in [4.69, 9.17) is 0 Å². The molecule has 0 saturated heterocycles. The Hall–Kier alpha value is -1.40. The highest BCUT2D eigenvalue weighted by atomic mass is 16.3. The Morgan fingerprint density at radius 2 is 2.44 bits per heavy atom.